The first-order chi connectivity index (χ1) is 9.06. The molecular weight excluding hydrogens is 393 g/mol. The molecule has 96 valence electrons. The third-order valence-electron chi connectivity index (χ3n) is 2.81. The van der Waals surface area contributed by atoms with E-state index in [4.69, 9.17) is 17.3 Å². The SMILES string of the molecule is Nc1c(-c2ccc(Cl)c(Br)c2)nc2ccc(Br)cn12. The maximum absolute atomic E-state index is 6.16. The van der Waals surface area contributed by atoms with E-state index in [0.29, 0.717) is 10.8 Å². The number of benzene rings is 1. The van der Waals surface area contributed by atoms with Crippen LogP contribution in [0.15, 0.2) is 45.5 Å². The fourth-order valence-corrected chi connectivity index (χ4v) is 2.73. The van der Waals surface area contributed by atoms with E-state index in [9.17, 15) is 0 Å². The van der Waals surface area contributed by atoms with Gasteiger partial charge in [-0.05, 0) is 56.1 Å². The lowest BCUT2D eigenvalue weighted by Crippen LogP contribution is -1.94. The van der Waals surface area contributed by atoms with Crippen molar-refractivity contribution >= 4 is 54.9 Å². The molecule has 0 saturated carbocycles. The van der Waals surface area contributed by atoms with Crippen molar-refractivity contribution in [3.63, 3.8) is 0 Å². The Morgan fingerprint density at radius 2 is 1.95 bits per heavy atom. The van der Waals surface area contributed by atoms with Crippen LogP contribution in [0, 0.1) is 0 Å². The van der Waals surface area contributed by atoms with Crippen molar-refractivity contribution < 1.29 is 0 Å². The Labute approximate surface area is 131 Å². The first-order valence-corrected chi connectivity index (χ1v) is 7.41. The Balaban J connectivity index is 2.24. The molecule has 3 nitrogen and oxygen atoms in total. The first kappa shape index (κ1) is 13.0. The predicted molar refractivity (Wildman–Crippen MR) is 85.5 cm³/mol. The number of nitrogen functional groups attached to an aromatic ring is 1. The molecule has 0 aliphatic carbocycles. The monoisotopic (exact) mass is 399 g/mol. The van der Waals surface area contributed by atoms with Crippen LogP contribution in [0.4, 0.5) is 5.82 Å². The summed E-state index contributed by atoms with van der Waals surface area (Å²) in [5.41, 5.74) is 8.64. The van der Waals surface area contributed by atoms with Gasteiger partial charge in [0.15, 0.2) is 0 Å². The fraction of sp³-hybridized carbons (Fsp3) is 0. The quantitative estimate of drug-likeness (QED) is 0.639. The molecule has 6 heteroatoms. The minimum absolute atomic E-state index is 0.602. The Hall–Kier alpha value is -1.04. The Morgan fingerprint density at radius 1 is 1.16 bits per heavy atom. The Kier molecular flexibility index (Phi) is 3.28. The number of imidazole rings is 1. The molecular formula is C13H8Br2ClN3. The van der Waals surface area contributed by atoms with Gasteiger partial charge in [-0.2, -0.15) is 0 Å². The molecule has 0 fully saturated rings. The molecule has 0 aliphatic heterocycles. The van der Waals surface area contributed by atoms with Crippen LogP contribution in [-0.2, 0) is 0 Å². The van der Waals surface area contributed by atoms with E-state index in [2.05, 4.69) is 36.8 Å². The van der Waals surface area contributed by atoms with Crippen LogP contribution >= 0.6 is 43.5 Å². The molecule has 3 aromatic rings. The molecule has 2 heterocycles. The van der Waals surface area contributed by atoms with Crippen molar-refractivity contribution in [2.75, 3.05) is 5.73 Å². The van der Waals surface area contributed by atoms with E-state index < -0.39 is 0 Å². The summed E-state index contributed by atoms with van der Waals surface area (Å²) in [6.07, 6.45) is 1.89. The molecule has 0 atom stereocenters. The molecule has 19 heavy (non-hydrogen) atoms. The maximum Gasteiger partial charge on any atom is 0.139 e. The number of nitrogens with zero attached hydrogens (tertiary/aromatic N) is 2. The van der Waals surface area contributed by atoms with Crippen LogP contribution in [0.1, 0.15) is 0 Å². The van der Waals surface area contributed by atoms with Crippen molar-refractivity contribution in [3.8, 4) is 11.3 Å². The minimum atomic E-state index is 0.602. The molecule has 1 aromatic carbocycles. The van der Waals surface area contributed by atoms with Gasteiger partial charge in [-0.1, -0.05) is 17.7 Å². The lowest BCUT2D eigenvalue weighted by molar-refractivity contribution is 1.18. The van der Waals surface area contributed by atoms with Gasteiger partial charge in [0.05, 0.1) is 5.02 Å². The predicted octanol–water partition coefficient (Wildman–Crippen LogP) is 4.76. The van der Waals surface area contributed by atoms with E-state index in [1.165, 1.54) is 0 Å². The zero-order valence-corrected chi connectivity index (χ0v) is 13.5. The average molecular weight is 401 g/mol. The molecule has 0 saturated heterocycles. The van der Waals surface area contributed by atoms with E-state index in [0.717, 1.165) is 25.8 Å². The Morgan fingerprint density at radius 3 is 2.68 bits per heavy atom. The minimum Gasteiger partial charge on any atom is -0.383 e. The highest BCUT2D eigenvalue weighted by Crippen LogP contribution is 2.32. The van der Waals surface area contributed by atoms with Gasteiger partial charge in [-0.15, -0.1) is 0 Å². The summed E-state index contributed by atoms with van der Waals surface area (Å²) >= 11 is 12.8. The molecule has 2 N–H and O–H groups in total. The number of hydrogen-bond donors (Lipinski definition) is 1. The number of fused-ring (bicyclic) bond motifs is 1. The summed E-state index contributed by atoms with van der Waals surface area (Å²) < 4.78 is 3.62. The highest BCUT2D eigenvalue weighted by atomic mass is 79.9. The third-order valence-corrected chi connectivity index (χ3v) is 4.50. The molecule has 3 rings (SSSR count). The number of nitrogens with two attached hydrogens (primary N) is 1. The van der Waals surface area contributed by atoms with E-state index in [-0.39, 0.29) is 0 Å². The van der Waals surface area contributed by atoms with Crippen molar-refractivity contribution in [2.45, 2.75) is 0 Å². The van der Waals surface area contributed by atoms with Crippen LogP contribution in [0.2, 0.25) is 5.02 Å². The Bertz CT molecular complexity index is 783. The third kappa shape index (κ3) is 2.26. The van der Waals surface area contributed by atoms with E-state index in [1.807, 2.05) is 40.9 Å². The summed E-state index contributed by atoms with van der Waals surface area (Å²) in [6.45, 7) is 0. The van der Waals surface area contributed by atoms with Gasteiger partial charge >= 0.3 is 0 Å². The number of anilines is 1. The fourth-order valence-electron chi connectivity index (χ4n) is 1.89. The van der Waals surface area contributed by atoms with Gasteiger partial charge in [0.2, 0.25) is 0 Å². The molecule has 2 aromatic heterocycles. The zero-order valence-electron chi connectivity index (χ0n) is 9.57. The van der Waals surface area contributed by atoms with Crippen molar-refractivity contribution in [2.24, 2.45) is 0 Å². The highest BCUT2D eigenvalue weighted by Gasteiger charge is 2.12. The number of pyridine rings is 1. The second-order valence-corrected chi connectivity index (χ2v) is 6.23. The number of halogens is 3. The summed E-state index contributed by atoms with van der Waals surface area (Å²) in [6, 6.07) is 9.48. The van der Waals surface area contributed by atoms with Gasteiger partial charge in [-0.3, -0.25) is 4.40 Å². The molecule has 0 amide bonds. The lowest BCUT2D eigenvalue weighted by atomic mass is 10.1. The average Bonchev–Trinajstić information content (AvgIpc) is 2.70. The van der Waals surface area contributed by atoms with Crippen LogP contribution < -0.4 is 5.73 Å². The summed E-state index contributed by atoms with van der Waals surface area (Å²) in [7, 11) is 0. The van der Waals surface area contributed by atoms with E-state index in [1.54, 1.807) is 0 Å². The molecule has 0 aliphatic rings. The first-order valence-electron chi connectivity index (χ1n) is 5.45. The highest BCUT2D eigenvalue weighted by molar-refractivity contribution is 9.10. The van der Waals surface area contributed by atoms with Crippen LogP contribution in [0.5, 0.6) is 0 Å². The second kappa shape index (κ2) is 4.81. The lowest BCUT2D eigenvalue weighted by Gasteiger charge is -2.02. The van der Waals surface area contributed by atoms with E-state index >= 15 is 0 Å². The number of aromatic nitrogens is 2. The van der Waals surface area contributed by atoms with Crippen LogP contribution in [0.25, 0.3) is 16.9 Å². The normalized spacial score (nSPS) is 11.1. The largest absolute Gasteiger partial charge is 0.383 e. The van der Waals surface area contributed by atoms with Gasteiger partial charge in [0.1, 0.15) is 17.2 Å². The van der Waals surface area contributed by atoms with Gasteiger partial charge in [0.25, 0.3) is 0 Å². The molecule has 0 bridgehead atoms. The van der Waals surface area contributed by atoms with Crippen LogP contribution in [-0.4, -0.2) is 9.38 Å². The van der Waals surface area contributed by atoms with Crippen molar-refractivity contribution in [3.05, 3.63) is 50.5 Å². The van der Waals surface area contributed by atoms with Crippen molar-refractivity contribution in [1.82, 2.24) is 9.38 Å². The summed E-state index contributed by atoms with van der Waals surface area (Å²) in [4.78, 5) is 4.55. The maximum atomic E-state index is 6.16. The number of rotatable bonds is 1. The summed E-state index contributed by atoms with van der Waals surface area (Å²) in [5, 5.41) is 0.661. The van der Waals surface area contributed by atoms with Gasteiger partial charge in [-0.25, -0.2) is 4.98 Å². The van der Waals surface area contributed by atoms with Gasteiger partial charge in [0, 0.05) is 20.7 Å². The smallest absolute Gasteiger partial charge is 0.139 e. The standard InChI is InChI=1S/C13H8Br2ClN3/c14-8-2-4-11-18-12(13(17)19(11)6-8)7-1-3-10(16)9(15)5-7/h1-6H,17H2. The van der Waals surface area contributed by atoms with Crippen LogP contribution in [0.3, 0.4) is 0 Å². The molecule has 0 radical (unpaired) electrons. The second-order valence-electron chi connectivity index (χ2n) is 4.05. The van der Waals surface area contributed by atoms with Crippen molar-refractivity contribution in [1.29, 1.82) is 0 Å². The van der Waals surface area contributed by atoms with Gasteiger partial charge < -0.3 is 5.73 Å². The topological polar surface area (TPSA) is 43.3 Å². The zero-order chi connectivity index (χ0) is 13.6. The molecule has 0 spiro atoms. The summed E-state index contributed by atoms with van der Waals surface area (Å²) in [5.74, 6) is 0.602. The number of hydrogen-bond acceptors (Lipinski definition) is 2. The molecule has 0 unspecified atom stereocenters.